The maximum absolute atomic E-state index is 13.3. The van der Waals surface area contributed by atoms with Crippen molar-refractivity contribution in [2.24, 2.45) is 0 Å². The summed E-state index contributed by atoms with van der Waals surface area (Å²) in [5.74, 6) is 0.287. The lowest BCUT2D eigenvalue weighted by molar-refractivity contribution is -0.133. The predicted octanol–water partition coefficient (Wildman–Crippen LogP) is 4.57. The second kappa shape index (κ2) is 9.20. The van der Waals surface area contributed by atoms with Gasteiger partial charge in [-0.3, -0.25) is 19.5 Å². The van der Waals surface area contributed by atoms with Crippen molar-refractivity contribution in [3.05, 3.63) is 83.4 Å². The van der Waals surface area contributed by atoms with Gasteiger partial charge in [0.2, 0.25) is 5.91 Å². The summed E-state index contributed by atoms with van der Waals surface area (Å²) in [4.78, 5) is 39.0. The third-order valence-corrected chi connectivity index (χ3v) is 7.49. The zero-order chi connectivity index (χ0) is 24.6. The Bertz CT molecular complexity index is 1450. The fraction of sp³-hybridized carbons (Fsp3) is 0.214. The van der Waals surface area contributed by atoms with Gasteiger partial charge in [0.05, 0.1) is 17.1 Å². The van der Waals surface area contributed by atoms with Crippen molar-refractivity contribution in [2.45, 2.75) is 26.0 Å². The monoisotopic (exact) mass is 496 g/mol. The number of thiazole rings is 1. The van der Waals surface area contributed by atoms with E-state index in [1.54, 1.807) is 18.0 Å². The highest BCUT2D eigenvalue weighted by atomic mass is 32.1. The smallest absolute Gasteiger partial charge is 0.268 e. The number of carbonyl (C=O) groups excluding carboxylic acids is 2. The molecule has 180 valence electrons. The van der Waals surface area contributed by atoms with E-state index in [1.807, 2.05) is 58.8 Å². The first-order chi connectivity index (χ1) is 17.6. The first kappa shape index (κ1) is 22.4. The second-order valence-electron chi connectivity index (χ2n) is 8.95. The minimum Gasteiger partial charge on any atom is -0.479 e. The molecule has 6 rings (SSSR count). The lowest BCUT2D eigenvalue weighted by atomic mass is 10.00. The fourth-order valence-electron chi connectivity index (χ4n) is 4.69. The Morgan fingerprint density at radius 1 is 1.08 bits per heavy atom. The van der Waals surface area contributed by atoms with Crippen LogP contribution in [-0.4, -0.2) is 45.9 Å². The SMILES string of the molecule is CC1Oc2ccc(-c3csc(-c4ccccn4)n3)cc2N(CC(=O)N2CCc3ccccc3C2)C1=O. The fourth-order valence-corrected chi connectivity index (χ4v) is 5.49. The summed E-state index contributed by atoms with van der Waals surface area (Å²) in [5.41, 5.74) is 5.48. The van der Waals surface area contributed by atoms with Crippen molar-refractivity contribution in [3.63, 3.8) is 0 Å². The molecule has 2 aromatic heterocycles. The molecular formula is C28H24N4O3S. The van der Waals surface area contributed by atoms with Gasteiger partial charge in [-0.2, -0.15) is 0 Å². The van der Waals surface area contributed by atoms with Crippen LogP contribution in [0.5, 0.6) is 5.75 Å². The number of aromatic nitrogens is 2. The van der Waals surface area contributed by atoms with Gasteiger partial charge >= 0.3 is 0 Å². The Labute approximate surface area is 213 Å². The second-order valence-corrected chi connectivity index (χ2v) is 9.81. The van der Waals surface area contributed by atoms with E-state index < -0.39 is 6.10 Å². The molecular weight excluding hydrogens is 472 g/mol. The molecule has 0 radical (unpaired) electrons. The van der Waals surface area contributed by atoms with Crippen LogP contribution in [0.2, 0.25) is 0 Å². The summed E-state index contributed by atoms with van der Waals surface area (Å²) < 4.78 is 5.87. The van der Waals surface area contributed by atoms with Crippen LogP contribution < -0.4 is 9.64 Å². The van der Waals surface area contributed by atoms with E-state index in [1.165, 1.54) is 16.9 Å². The normalized spacial score (nSPS) is 16.8. The molecule has 0 bridgehead atoms. The minimum atomic E-state index is -0.659. The number of hydrogen-bond donors (Lipinski definition) is 0. The average molecular weight is 497 g/mol. The van der Waals surface area contributed by atoms with Crippen LogP contribution in [0.3, 0.4) is 0 Å². The lowest BCUT2D eigenvalue weighted by Crippen LogP contribution is -2.50. The van der Waals surface area contributed by atoms with Gasteiger partial charge in [-0.05, 0) is 54.8 Å². The largest absolute Gasteiger partial charge is 0.479 e. The van der Waals surface area contributed by atoms with E-state index in [-0.39, 0.29) is 18.4 Å². The first-order valence-corrected chi connectivity index (χ1v) is 12.8. The van der Waals surface area contributed by atoms with Gasteiger partial charge in [-0.25, -0.2) is 4.98 Å². The number of amides is 2. The van der Waals surface area contributed by atoms with Gasteiger partial charge in [0.1, 0.15) is 17.3 Å². The first-order valence-electron chi connectivity index (χ1n) is 11.9. The molecule has 36 heavy (non-hydrogen) atoms. The number of anilines is 1. The number of hydrogen-bond acceptors (Lipinski definition) is 6. The van der Waals surface area contributed by atoms with Gasteiger partial charge in [-0.15, -0.1) is 11.3 Å². The van der Waals surface area contributed by atoms with Crippen molar-refractivity contribution in [1.82, 2.24) is 14.9 Å². The molecule has 7 nitrogen and oxygen atoms in total. The van der Waals surface area contributed by atoms with Gasteiger partial charge in [-0.1, -0.05) is 30.3 Å². The molecule has 0 N–H and O–H groups in total. The molecule has 8 heteroatoms. The number of rotatable bonds is 4. The molecule has 0 spiro atoms. The van der Waals surface area contributed by atoms with Crippen LogP contribution in [0, 0.1) is 0 Å². The molecule has 2 amide bonds. The van der Waals surface area contributed by atoms with Crippen molar-refractivity contribution in [3.8, 4) is 27.7 Å². The van der Waals surface area contributed by atoms with Crippen LogP contribution in [0.1, 0.15) is 18.1 Å². The number of nitrogens with zero attached hydrogens (tertiary/aromatic N) is 4. The van der Waals surface area contributed by atoms with Crippen LogP contribution >= 0.6 is 11.3 Å². The Balaban J connectivity index is 1.28. The van der Waals surface area contributed by atoms with Gasteiger partial charge in [0.25, 0.3) is 5.91 Å². The summed E-state index contributed by atoms with van der Waals surface area (Å²) in [5, 5.41) is 2.79. The molecule has 0 saturated carbocycles. The molecule has 2 aromatic carbocycles. The number of fused-ring (bicyclic) bond motifs is 2. The maximum Gasteiger partial charge on any atom is 0.268 e. The van der Waals surface area contributed by atoms with E-state index in [9.17, 15) is 9.59 Å². The van der Waals surface area contributed by atoms with Crippen LogP contribution in [-0.2, 0) is 22.6 Å². The zero-order valence-electron chi connectivity index (χ0n) is 19.8. The standard InChI is InChI=1S/C28H24N4O3S/c1-18-28(34)32(16-26(33)31-13-11-19-6-2-3-7-21(19)15-31)24-14-20(9-10-25(24)35-18)23-17-36-27(30-23)22-8-4-5-12-29-22/h2-10,12,14,17-18H,11,13,15-16H2,1H3. The molecule has 4 aromatic rings. The predicted molar refractivity (Wildman–Crippen MR) is 139 cm³/mol. The molecule has 0 aliphatic carbocycles. The molecule has 2 aliphatic rings. The number of carbonyl (C=O) groups is 2. The highest BCUT2D eigenvalue weighted by molar-refractivity contribution is 7.13. The molecule has 0 fully saturated rings. The highest BCUT2D eigenvalue weighted by Crippen LogP contribution is 2.38. The average Bonchev–Trinajstić information content (AvgIpc) is 3.42. The Hall–Kier alpha value is -4.04. The molecule has 4 heterocycles. The molecule has 0 saturated heterocycles. The Morgan fingerprint density at radius 3 is 2.75 bits per heavy atom. The van der Waals surface area contributed by atoms with Gasteiger partial charge in [0.15, 0.2) is 6.10 Å². The third kappa shape index (κ3) is 4.13. The minimum absolute atomic E-state index is 0.0264. The molecule has 1 unspecified atom stereocenters. The maximum atomic E-state index is 13.3. The lowest BCUT2D eigenvalue weighted by Gasteiger charge is -2.35. The Kier molecular flexibility index (Phi) is 5.73. The van der Waals surface area contributed by atoms with Crippen molar-refractivity contribution in [2.75, 3.05) is 18.0 Å². The van der Waals surface area contributed by atoms with Crippen molar-refractivity contribution in [1.29, 1.82) is 0 Å². The highest BCUT2D eigenvalue weighted by Gasteiger charge is 2.34. The molecule has 1 atom stereocenters. The topological polar surface area (TPSA) is 75.6 Å². The zero-order valence-corrected chi connectivity index (χ0v) is 20.6. The Morgan fingerprint density at radius 2 is 1.92 bits per heavy atom. The van der Waals surface area contributed by atoms with E-state index in [0.717, 1.165) is 33.9 Å². The van der Waals surface area contributed by atoms with Crippen LogP contribution in [0.4, 0.5) is 5.69 Å². The van der Waals surface area contributed by atoms with Crippen LogP contribution in [0.25, 0.3) is 22.0 Å². The van der Waals surface area contributed by atoms with E-state index in [0.29, 0.717) is 24.5 Å². The quantitative estimate of drug-likeness (QED) is 0.414. The van der Waals surface area contributed by atoms with Crippen molar-refractivity contribution >= 4 is 28.8 Å². The summed E-state index contributed by atoms with van der Waals surface area (Å²) in [6.07, 6.45) is 1.90. The summed E-state index contributed by atoms with van der Waals surface area (Å²) in [6.45, 7) is 2.89. The number of ether oxygens (including phenoxy) is 1. The van der Waals surface area contributed by atoms with E-state index in [4.69, 9.17) is 9.72 Å². The van der Waals surface area contributed by atoms with E-state index in [2.05, 4.69) is 17.1 Å². The summed E-state index contributed by atoms with van der Waals surface area (Å²) in [7, 11) is 0. The third-order valence-electron chi connectivity index (χ3n) is 6.63. The van der Waals surface area contributed by atoms with E-state index >= 15 is 0 Å². The molecule has 2 aliphatic heterocycles. The number of benzene rings is 2. The van der Waals surface area contributed by atoms with Crippen LogP contribution in [0.15, 0.2) is 72.2 Å². The number of pyridine rings is 1. The van der Waals surface area contributed by atoms with Crippen molar-refractivity contribution < 1.29 is 14.3 Å². The summed E-state index contributed by atoms with van der Waals surface area (Å²) in [6, 6.07) is 19.6. The summed E-state index contributed by atoms with van der Waals surface area (Å²) >= 11 is 1.51. The van der Waals surface area contributed by atoms with Gasteiger partial charge in [0, 0.05) is 30.2 Å². The van der Waals surface area contributed by atoms with Gasteiger partial charge < -0.3 is 9.64 Å².